The second-order valence-electron chi connectivity index (χ2n) is 25.2. The molecule has 0 radical (unpaired) electrons. The van der Waals surface area contributed by atoms with E-state index in [-0.39, 0.29) is 43.5 Å². The number of fused-ring (bicyclic) bond motifs is 6. The Balaban J connectivity index is 1.26. The predicted octanol–water partition coefficient (Wildman–Crippen LogP) is 19.4. The number of pyridine rings is 1. The molecule has 0 fully saturated rings. The van der Waals surface area contributed by atoms with Gasteiger partial charge in [-0.1, -0.05) is 132 Å². The number of hydrogen-bond acceptors (Lipinski definition) is 4. The van der Waals surface area contributed by atoms with Crippen molar-refractivity contribution >= 4 is 43.6 Å². The number of halogens is 6. The molecule has 4 aromatic heterocycles. The van der Waals surface area contributed by atoms with Gasteiger partial charge in [-0.2, -0.15) is 26.3 Å². The minimum Gasteiger partial charge on any atom is -0.309 e. The van der Waals surface area contributed by atoms with Crippen LogP contribution in [0, 0.1) is 0 Å². The van der Waals surface area contributed by atoms with Gasteiger partial charge in [0.1, 0.15) is 0 Å². The van der Waals surface area contributed by atoms with Gasteiger partial charge in [0.2, 0.25) is 0 Å². The molecule has 12 heteroatoms. The SMILES string of the molecule is CC(C)(C)c1cc(-c2nc(-c3cc(C(C)(C)C)cc(C(C)(C)C)c3)nc(-c3ccc(-n4c5ccc(C(F)(F)F)cc5c5cc(C(F)(F)F)ccc54)c(-c4ccncc4-n4c5ccccc5c5ccccc54)c3)n2)cc(C(C)(C)C)c1. The van der Waals surface area contributed by atoms with Crippen LogP contribution in [0.15, 0.2) is 158 Å². The monoisotopic (exact) mass is 1080 g/mol. The number of benzene rings is 7. The van der Waals surface area contributed by atoms with Crippen LogP contribution in [-0.4, -0.2) is 29.1 Å². The van der Waals surface area contributed by atoms with Crippen LogP contribution >= 0.6 is 0 Å². The summed E-state index contributed by atoms with van der Waals surface area (Å²) in [5.74, 6) is 1.28. The lowest BCUT2D eigenvalue weighted by Gasteiger charge is -2.26. The molecule has 11 aromatic rings. The van der Waals surface area contributed by atoms with Crippen LogP contribution in [-0.2, 0) is 34.0 Å². The largest absolute Gasteiger partial charge is 0.416 e. The molecule has 0 unspecified atom stereocenters. The normalized spacial score (nSPS) is 13.1. The average molecular weight is 1080 g/mol. The minimum atomic E-state index is -4.77. The van der Waals surface area contributed by atoms with E-state index in [1.54, 1.807) is 17.0 Å². The van der Waals surface area contributed by atoms with E-state index in [1.165, 1.54) is 12.1 Å². The highest BCUT2D eigenvalue weighted by Crippen LogP contribution is 2.45. The number of nitrogens with zero attached hydrogens (tertiary/aromatic N) is 6. The number of rotatable bonds is 6. The molecule has 0 saturated carbocycles. The summed E-state index contributed by atoms with van der Waals surface area (Å²) < 4.78 is 91.2. The topological polar surface area (TPSA) is 61.4 Å². The standard InChI is InChI=1S/C68H62F6N6/c1-63(2,3)44-29-40(30-45(34-44)64(4,5)6)61-76-60(77-62(78-61)41-31-46(65(7,8)9)35-47(32-41)66(10,11)12)39-21-24-56(79-57-25-22-42(67(69,70)71)36-52(57)53-37-43(68(72,73)74)23-26-58(53)79)51(33-39)50-27-28-75-38-59(50)80-54-19-15-13-17-48(54)49-18-14-16-20-55(49)80/h13-38H,1-12H3. The van der Waals surface area contributed by atoms with Crippen molar-refractivity contribution in [1.29, 1.82) is 0 Å². The third-order valence-corrected chi connectivity index (χ3v) is 15.3. The molecule has 0 saturated heterocycles. The van der Waals surface area contributed by atoms with E-state index < -0.39 is 23.5 Å². The Morgan fingerprint density at radius 2 is 0.713 bits per heavy atom. The van der Waals surface area contributed by atoms with E-state index in [4.69, 9.17) is 19.9 Å². The van der Waals surface area contributed by atoms with E-state index in [1.807, 2.05) is 60.7 Å². The van der Waals surface area contributed by atoms with Crippen LogP contribution in [0.25, 0.3) is 100 Å². The van der Waals surface area contributed by atoms with Gasteiger partial charge in [0, 0.05) is 55.6 Å². The Labute approximate surface area is 462 Å². The Kier molecular flexibility index (Phi) is 12.6. The molecule has 0 amide bonds. The fraction of sp³-hybridized carbons (Fsp3) is 0.265. The third kappa shape index (κ3) is 9.81. The predicted molar refractivity (Wildman–Crippen MR) is 313 cm³/mol. The molecule has 4 heterocycles. The molecule has 0 N–H and O–H groups in total. The van der Waals surface area contributed by atoms with Gasteiger partial charge in [-0.25, -0.2) is 15.0 Å². The van der Waals surface area contributed by atoms with Gasteiger partial charge in [-0.3, -0.25) is 4.98 Å². The molecule has 406 valence electrons. The molecule has 0 aliphatic heterocycles. The lowest BCUT2D eigenvalue weighted by Crippen LogP contribution is -2.17. The average Bonchev–Trinajstić information content (AvgIpc) is 3.93. The van der Waals surface area contributed by atoms with Crippen molar-refractivity contribution in [3.63, 3.8) is 0 Å². The van der Waals surface area contributed by atoms with Crippen LogP contribution in [0.2, 0.25) is 0 Å². The smallest absolute Gasteiger partial charge is 0.309 e. The molecule has 0 aliphatic carbocycles. The lowest BCUT2D eigenvalue weighted by atomic mass is 9.79. The van der Waals surface area contributed by atoms with Gasteiger partial charge in [0.15, 0.2) is 17.5 Å². The quantitative estimate of drug-likeness (QED) is 0.156. The molecular formula is C68H62F6N6. The fourth-order valence-electron chi connectivity index (χ4n) is 10.7. The number of hydrogen-bond donors (Lipinski definition) is 0. The van der Waals surface area contributed by atoms with Crippen LogP contribution in [0.5, 0.6) is 0 Å². The van der Waals surface area contributed by atoms with Crippen LogP contribution < -0.4 is 0 Å². The maximum absolute atomic E-state index is 14.6. The van der Waals surface area contributed by atoms with Crippen LogP contribution in [0.1, 0.15) is 116 Å². The number of aromatic nitrogens is 6. The van der Waals surface area contributed by atoms with Gasteiger partial charge < -0.3 is 9.13 Å². The first-order valence-corrected chi connectivity index (χ1v) is 26.8. The minimum absolute atomic E-state index is 0.0132. The van der Waals surface area contributed by atoms with E-state index in [0.29, 0.717) is 45.5 Å². The van der Waals surface area contributed by atoms with Gasteiger partial charge in [0.05, 0.1) is 50.8 Å². The second kappa shape index (κ2) is 18.7. The molecule has 0 spiro atoms. The van der Waals surface area contributed by atoms with Crippen molar-refractivity contribution in [1.82, 2.24) is 29.1 Å². The summed E-state index contributed by atoms with van der Waals surface area (Å²) in [7, 11) is 0. The summed E-state index contributed by atoms with van der Waals surface area (Å²) in [6.07, 6.45) is -6.06. The first-order valence-electron chi connectivity index (χ1n) is 26.8. The van der Waals surface area contributed by atoms with E-state index in [0.717, 1.165) is 79.5 Å². The Bertz CT molecular complexity index is 3980. The summed E-state index contributed by atoms with van der Waals surface area (Å²) in [4.78, 5) is 20.8. The summed E-state index contributed by atoms with van der Waals surface area (Å²) in [6.45, 7) is 26.2. The highest BCUT2D eigenvalue weighted by molar-refractivity contribution is 6.12. The van der Waals surface area contributed by atoms with Gasteiger partial charge in [0.25, 0.3) is 0 Å². The van der Waals surface area contributed by atoms with E-state index >= 15 is 0 Å². The van der Waals surface area contributed by atoms with Crippen LogP contribution in [0.3, 0.4) is 0 Å². The van der Waals surface area contributed by atoms with Gasteiger partial charge >= 0.3 is 12.4 Å². The van der Waals surface area contributed by atoms with Crippen LogP contribution in [0.4, 0.5) is 26.3 Å². The molecule has 0 bridgehead atoms. The van der Waals surface area contributed by atoms with E-state index in [2.05, 4.69) is 136 Å². The number of para-hydroxylation sites is 2. The molecule has 80 heavy (non-hydrogen) atoms. The lowest BCUT2D eigenvalue weighted by molar-refractivity contribution is -0.138. The first kappa shape index (κ1) is 53.9. The molecule has 7 aromatic carbocycles. The molecule has 11 rings (SSSR count). The van der Waals surface area contributed by atoms with Crippen molar-refractivity contribution in [2.45, 2.75) is 117 Å². The zero-order valence-corrected chi connectivity index (χ0v) is 47.0. The van der Waals surface area contributed by atoms with Crippen molar-refractivity contribution < 1.29 is 26.3 Å². The molecule has 0 aliphatic rings. The maximum Gasteiger partial charge on any atom is 0.416 e. The fourth-order valence-corrected chi connectivity index (χ4v) is 10.7. The highest BCUT2D eigenvalue weighted by atomic mass is 19.4. The van der Waals surface area contributed by atoms with Crippen molar-refractivity contribution in [3.8, 4) is 56.7 Å². The zero-order valence-electron chi connectivity index (χ0n) is 47.0. The van der Waals surface area contributed by atoms with Gasteiger partial charge in [-0.15, -0.1) is 0 Å². The van der Waals surface area contributed by atoms with E-state index in [9.17, 15) is 26.3 Å². The second-order valence-corrected chi connectivity index (χ2v) is 25.2. The van der Waals surface area contributed by atoms with Crippen molar-refractivity contribution in [2.24, 2.45) is 0 Å². The van der Waals surface area contributed by atoms with Gasteiger partial charge in [-0.05, 0) is 141 Å². The van der Waals surface area contributed by atoms with Crippen molar-refractivity contribution in [2.75, 3.05) is 0 Å². The zero-order chi connectivity index (χ0) is 57.2. The summed E-state index contributed by atoms with van der Waals surface area (Å²) >= 11 is 0. The van der Waals surface area contributed by atoms with Crippen molar-refractivity contribution in [3.05, 3.63) is 191 Å². The third-order valence-electron chi connectivity index (χ3n) is 15.3. The Hall–Kier alpha value is -8.12. The Morgan fingerprint density at radius 1 is 0.325 bits per heavy atom. The highest BCUT2D eigenvalue weighted by Gasteiger charge is 2.34. The Morgan fingerprint density at radius 3 is 1.12 bits per heavy atom. The molecule has 6 nitrogen and oxygen atoms in total. The molecule has 0 atom stereocenters. The summed E-state index contributed by atoms with van der Waals surface area (Å²) in [5.41, 5.74) is 8.61. The number of alkyl halides is 6. The first-order chi connectivity index (χ1) is 37.4. The summed E-state index contributed by atoms with van der Waals surface area (Å²) in [6, 6.07) is 43.4. The molecular weight excluding hydrogens is 1010 g/mol. The summed E-state index contributed by atoms with van der Waals surface area (Å²) in [5, 5.41) is 2.05. The maximum atomic E-state index is 14.6.